The van der Waals surface area contributed by atoms with Crippen molar-refractivity contribution < 1.29 is 9.53 Å². The normalized spacial score (nSPS) is 17.6. The predicted octanol–water partition coefficient (Wildman–Crippen LogP) is 3.61. The summed E-state index contributed by atoms with van der Waals surface area (Å²) in [5, 5.41) is 9.67. The van der Waals surface area contributed by atoms with Gasteiger partial charge in [-0.1, -0.05) is 49.0 Å². The second-order valence-electron chi connectivity index (χ2n) is 8.00. The van der Waals surface area contributed by atoms with E-state index in [-0.39, 0.29) is 5.41 Å². The Hall–Kier alpha value is -3.07. The molecule has 0 bridgehead atoms. The number of ether oxygens (including phenoxy) is 1. The molecule has 2 aliphatic heterocycles. The Morgan fingerprint density at radius 3 is 2.71 bits per heavy atom. The van der Waals surface area contributed by atoms with Crippen molar-refractivity contribution in [3.05, 3.63) is 58.4 Å². The van der Waals surface area contributed by atoms with Crippen molar-refractivity contribution in [2.75, 3.05) is 31.2 Å². The van der Waals surface area contributed by atoms with E-state index < -0.39 is 11.2 Å². The molecule has 1 aromatic carbocycles. The lowest BCUT2D eigenvalue weighted by atomic mass is 9.85. The largest absolute Gasteiger partial charge is 0.380 e. The van der Waals surface area contributed by atoms with Crippen LogP contribution in [-0.2, 0) is 16.0 Å². The standard InChI is InChI=1S/C23H23N5O2S/c1-3-16-17(11-24)22(31-19(20(25)29)15-7-5-4-6-8-15)27-21(18(16)26-2)28-10-9-23(12-28)13-30-14-23/h4-8,19H,3,9-10,12-14H2,1H3,(H2,25,29). The lowest BCUT2D eigenvalue weighted by Crippen LogP contribution is -2.44. The maximum absolute atomic E-state index is 12.3. The van der Waals surface area contributed by atoms with E-state index in [4.69, 9.17) is 22.0 Å². The Bertz CT molecular complexity index is 1090. The van der Waals surface area contributed by atoms with Gasteiger partial charge >= 0.3 is 0 Å². The predicted molar refractivity (Wildman–Crippen MR) is 119 cm³/mol. The summed E-state index contributed by atoms with van der Waals surface area (Å²) in [6.07, 6.45) is 1.52. The van der Waals surface area contributed by atoms with Gasteiger partial charge in [0.1, 0.15) is 22.2 Å². The molecule has 3 heterocycles. The lowest BCUT2D eigenvalue weighted by Gasteiger charge is -2.38. The van der Waals surface area contributed by atoms with Crippen molar-refractivity contribution in [1.82, 2.24) is 4.98 Å². The van der Waals surface area contributed by atoms with Crippen LogP contribution in [0.25, 0.3) is 4.85 Å². The third-order valence-corrected chi connectivity index (χ3v) is 7.20. The number of primary amides is 1. The van der Waals surface area contributed by atoms with Crippen molar-refractivity contribution in [1.29, 1.82) is 5.26 Å². The van der Waals surface area contributed by atoms with Gasteiger partial charge in [0.2, 0.25) is 11.6 Å². The first-order chi connectivity index (χ1) is 15.0. The summed E-state index contributed by atoms with van der Waals surface area (Å²) in [5.41, 5.74) is 8.05. The molecule has 2 fully saturated rings. The molecule has 0 aliphatic carbocycles. The van der Waals surface area contributed by atoms with Crippen molar-refractivity contribution in [3.63, 3.8) is 0 Å². The fourth-order valence-electron chi connectivity index (χ4n) is 4.24. The van der Waals surface area contributed by atoms with Crippen LogP contribution in [-0.4, -0.2) is 37.2 Å². The molecule has 2 N–H and O–H groups in total. The highest BCUT2D eigenvalue weighted by molar-refractivity contribution is 8.00. The molecule has 158 valence electrons. The minimum absolute atomic E-state index is 0.133. The first-order valence-corrected chi connectivity index (χ1v) is 11.1. The second-order valence-corrected chi connectivity index (χ2v) is 9.09. The molecular weight excluding hydrogens is 410 g/mol. The van der Waals surface area contributed by atoms with E-state index in [1.807, 2.05) is 37.3 Å². The summed E-state index contributed by atoms with van der Waals surface area (Å²) >= 11 is 1.18. The number of aromatic nitrogens is 1. The molecule has 0 saturated carbocycles. The molecule has 4 rings (SSSR count). The van der Waals surface area contributed by atoms with Crippen molar-refractivity contribution in [2.45, 2.75) is 30.0 Å². The van der Waals surface area contributed by atoms with Crippen LogP contribution in [0, 0.1) is 23.3 Å². The van der Waals surface area contributed by atoms with Gasteiger partial charge in [-0.05, 0) is 24.0 Å². The van der Waals surface area contributed by atoms with Crippen LogP contribution in [0.5, 0.6) is 0 Å². The molecule has 2 aliphatic rings. The van der Waals surface area contributed by atoms with Gasteiger partial charge in [-0.15, -0.1) is 0 Å². The number of nitriles is 1. The maximum atomic E-state index is 12.3. The summed E-state index contributed by atoms with van der Waals surface area (Å²) in [6.45, 7) is 12.7. The van der Waals surface area contributed by atoms with Crippen LogP contribution in [0.2, 0.25) is 0 Å². The number of pyridine rings is 1. The zero-order chi connectivity index (χ0) is 22.0. The first kappa shape index (κ1) is 21.2. The highest BCUT2D eigenvalue weighted by Crippen LogP contribution is 2.46. The third-order valence-electron chi connectivity index (χ3n) is 5.94. The molecule has 1 unspecified atom stereocenters. The summed E-state index contributed by atoms with van der Waals surface area (Å²) in [4.78, 5) is 22.9. The Labute approximate surface area is 186 Å². The molecule has 7 nitrogen and oxygen atoms in total. The quantitative estimate of drug-likeness (QED) is 0.552. The van der Waals surface area contributed by atoms with Gasteiger partial charge < -0.3 is 15.4 Å². The van der Waals surface area contributed by atoms with E-state index in [1.165, 1.54) is 11.8 Å². The molecule has 8 heteroatoms. The topological polar surface area (TPSA) is 96.6 Å². The van der Waals surface area contributed by atoms with E-state index >= 15 is 0 Å². The van der Waals surface area contributed by atoms with E-state index in [0.29, 0.717) is 34.1 Å². The zero-order valence-corrected chi connectivity index (χ0v) is 18.1. The van der Waals surface area contributed by atoms with Gasteiger partial charge in [-0.25, -0.2) is 9.83 Å². The minimum atomic E-state index is -0.679. The number of benzene rings is 1. The van der Waals surface area contributed by atoms with Crippen LogP contribution in [0.1, 0.15) is 35.3 Å². The number of carbonyl (C=O) groups is 1. The number of rotatable bonds is 6. The van der Waals surface area contributed by atoms with E-state index in [0.717, 1.165) is 38.3 Å². The minimum Gasteiger partial charge on any atom is -0.380 e. The smallest absolute Gasteiger partial charge is 0.235 e. The fraction of sp³-hybridized carbons (Fsp3) is 0.391. The van der Waals surface area contributed by atoms with Crippen LogP contribution >= 0.6 is 11.8 Å². The number of hydrogen-bond acceptors (Lipinski definition) is 6. The van der Waals surface area contributed by atoms with Gasteiger partial charge in [-0.2, -0.15) is 5.26 Å². The Balaban J connectivity index is 1.79. The van der Waals surface area contributed by atoms with Crippen molar-refractivity contribution in [3.8, 4) is 6.07 Å². The number of hydrogen-bond donors (Lipinski definition) is 1. The summed E-state index contributed by atoms with van der Waals surface area (Å²) in [7, 11) is 0. The third kappa shape index (κ3) is 3.85. The SMILES string of the molecule is [C-]#[N+]c1c(N2CCC3(COC3)C2)nc(SC(C(N)=O)c2ccccc2)c(C#N)c1CC. The van der Waals surface area contributed by atoms with Crippen molar-refractivity contribution in [2.24, 2.45) is 11.1 Å². The molecule has 1 aromatic heterocycles. The first-order valence-electron chi connectivity index (χ1n) is 10.2. The lowest BCUT2D eigenvalue weighted by molar-refractivity contribution is -0.117. The van der Waals surface area contributed by atoms with Gasteiger partial charge in [0.15, 0.2) is 0 Å². The Kier molecular flexibility index (Phi) is 5.86. The number of amides is 1. The number of nitrogens with two attached hydrogens (primary N) is 1. The number of nitrogens with zero attached hydrogens (tertiary/aromatic N) is 4. The summed E-state index contributed by atoms with van der Waals surface area (Å²) in [5.74, 6) is 0.0934. The highest BCUT2D eigenvalue weighted by atomic mass is 32.2. The highest BCUT2D eigenvalue weighted by Gasteiger charge is 2.45. The average molecular weight is 434 g/mol. The van der Waals surface area contributed by atoms with Crippen LogP contribution < -0.4 is 10.6 Å². The van der Waals surface area contributed by atoms with E-state index in [1.54, 1.807) is 0 Å². The molecule has 2 aromatic rings. The molecule has 2 saturated heterocycles. The van der Waals surface area contributed by atoms with Gasteiger partial charge in [0.25, 0.3) is 0 Å². The molecule has 1 atom stereocenters. The second kappa shape index (κ2) is 8.58. The van der Waals surface area contributed by atoms with E-state index in [9.17, 15) is 10.1 Å². The molecular formula is C23H23N5O2S. The summed E-state index contributed by atoms with van der Waals surface area (Å²) < 4.78 is 5.43. The summed E-state index contributed by atoms with van der Waals surface area (Å²) in [6, 6.07) is 11.5. The molecule has 1 spiro atoms. The Morgan fingerprint density at radius 1 is 1.45 bits per heavy atom. The zero-order valence-electron chi connectivity index (χ0n) is 17.3. The van der Waals surface area contributed by atoms with Crippen LogP contribution in [0.3, 0.4) is 0 Å². The van der Waals surface area contributed by atoms with Gasteiger partial charge in [0.05, 0.1) is 25.3 Å². The van der Waals surface area contributed by atoms with Crippen LogP contribution in [0.15, 0.2) is 35.4 Å². The fourth-order valence-corrected chi connectivity index (χ4v) is 5.30. The number of anilines is 1. The molecule has 1 amide bonds. The van der Waals surface area contributed by atoms with E-state index in [2.05, 4.69) is 15.8 Å². The van der Waals surface area contributed by atoms with Crippen molar-refractivity contribution >= 4 is 29.2 Å². The molecule has 31 heavy (non-hydrogen) atoms. The van der Waals surface area contributed by atoms with Crippen LogP contribution in [0.4, 0.5) is 11.5 Å². The number of thioether (sulfide) groups is 1. The Morgan fingerprint density at radius 2 is 2.19 bits per heavy atom. The molecule has 0 radical (unpaired) electrons. The monoisotopic (exact) mass is 433 g/mol. The average Bonchev–Trinajstić information content (AvgIpc) is 3.23. The maximum Gasteiger partial charge on any atom is 0.235 e. The van der Waals surface area contributed by atoms with Gasteiger partial charge in [0, 0.05) is 18.5 Å². The number of carbonyl (C=O) groups excluding carboxylic acids is 1. The van der Waals surface area contributed by atoms with Gasteiger partial charge in [-0.3, -0.25) is 4.79 Å².